The molecular formula is C21H22N2O5S2. The monoisotopic (exact) mass is 446 g/mol. The molecule has 3 aromatic rings. The topological polar surface area (TPSA) is 93.7 Å². The van der Waals surface area contributed by atoms with Crippen LogP contribution in [0.5, 0.6) is 11.5 Å². The van der Waals surface area contributed by atoms with Gasteiger partial charge in [-0.15, -0.1) is 11.3 Å². The number of carbonyl (C=O) groups excluding carboxylic acids is 1. The first-order chi connectivity index (χ1) is 14.4. The van der Waals surface area contributed by atoms with Crippen LogP contribution in [0, 0.1) is 0 Å². The van der Waals surface area contributed by atoms with Crippen molar-refractivity contribution < 1.29 is 22.7 Å². The third-order valence-corrected chi connectivity index (χ3v) is 6.72. The molecule has 3 rings (SSSR count). The van der Waals surface area contributed by atoms with Crippen LogP contribution in [0.1, 0.15) is 15.2 Å². The summed E-state index contributed by atoms with van der Waals surface area (Å²) in [4.78, 5) is 13.7. The molecule has 9 heteroatoms. The fourth-order valence-electron chi connectivity index (χ4n) is 2.75. The Kier molecular flexibility index (Phi) is 7.09. The van der Waals surface area contributed by atoms with Gasteiger partial charge in [0.25, 0.3) is 5.91 Å². The first-order valence-corrected chi connectivity index (χ1v) is 11.4. The Hall–Kier alpha value is -2.88. The van der Waals surface area contributed by atoms with Crippen molar-refractivity contribution in [3.05, 3.63) is 70.4 Å². The Bertz CT molecular complexity index is 1090. The van der Waals surface area contributed by atoms with Gasteiger partial charge in [0.05, 0.1) is 19.1 Å². The van der Waals surface area contributed by atoms with E-state index >= 15 is 0 Å². The van der Waals surface area contributed by atoms with E-state index in [1.165, 1.54) is 38.5 Å². The van der Waals surface area contributed by atoms with Gasteiger partial charge in [0, 0.05) is 28.7 Å². The Labute approximate surface area is 179 Å². The number of sulfonamides is 1. The minimum Gasteiger partial charge on any atom is -0.493 e. The van der Waals surface area contributed by atoms with Gasteiger partial charge in [0.1, 0.15) is 0 Å². The van der Waals surface area contributed by atoms with Crippen molar-refractivity contribution in [2.75, 3.05) is 26.1 Å². The maximum absolute atomic E-state index is 12.5. The second kappa shape index (κ2) is 9.75. The number of nitrogens with one attached hydrogen (secondary N) is 2. The summed E-state index contributed by atoms with van der Waals surface area (Å²) >= 11 is 1.59. The van der Waals surface area contributed by atoms with E-state index < -0.39 is 10.0 Å². The average Bonchev–Trinajstić information content (AvgIpc) is 3.27. The number of rotatable bonds is 9. The molecule has 0 spiro atoms. The lowest BCUT2D eigenvalue weighted by atomic mass is 10.2. The van der Waals surface area contributed by atoms with E-state index in [-0.39, 0.29) is 10.8 Å². The summed E-state index contributed by atoms with van der Waals surface area (Å²) < 4.78 is 37.8. The second-order valence-electron chi connectivity index (χ2n) is 6.28. The van der Waals surface area contributed by atoms with Gasteiger partial charge in [-0.25, -0.2) is 13.1 Å². The van der Waals surface area contributed by atoms with Gasteiger partial charge in [-0.05, 0) is 54.3 Å². The van der Waals surface area contributed by atoms with Crippen LogP contribution in [-0.4, -0.2) is 35.1 Å². The number of carbonyl (C=O) groups is 1. The Morgan fingerprint density at radius 2 is 1.73 bits per heavy atom. The maximum atomic E-state index is 12.5. The fraction of sp³-hybridized carbons (Fsp3) is 0.190. The highest BCUT2D eigenvalue weighted by atomic mass is 32.2. The minimum absolute atomic E-state index is 0.108. The highest BCUT2D eigenvalue weighted by molar-refractivity contribution is 7.89. The van der Waals surface area contributed by atoms with Gasteiger partial charge in [0.2, 0.25) is 10.0 Å². The molecule has 1 aromatic heterocycles. The zero-order valence-electron chi connectivity index (χ0n) is 16.5. The molecule has 0 bridgehead atoms. The zero-order chi connectivity index (χ0) is 21.6. The van der Waals surface area contributed by atoms with E-state index in [2.05, 4.69) is 10.0 Å². The molecule has 0 unspecified atom stereocenters. The number of thiophene rings is 1. The summed E-state index contributed by atoms with van der Waals surface area (Å²) in [6.07, 6.45) is 0.628. The lowest BCUT2D eigenvalue weighted by Gasteiger charge is -2.11. The quantitative estimate of drug-likeness (QED) is 0.524. The normalized spacial score (nSPS) is 11.1. The summed E-state index contributed by atoms with van der Waals surface area (Å²) in [5.74, 6) is 0.679. The van der Waals surface area contributed by atoms with Crippen molar-refractivity contribution in [3.8, 4) is 11.5 Å². The molecule has 7 nitrogen and oxygen atoms in total. The van der Waals surface area contributed by atoms with E-state index in [4.69, 9.17) is 9.47 Å². The first kappa shape index (κ1) is 21.8. The fourth-order valence-corrected chi connectivity index (χ4v) is 4.49. The molecule has 0 aliphatic rings. The standard InChI is InChI=1S/C21H22N2O5S2/c1-27-19-10-7-16(14-20(19)28-2)23-21(24)15-5-8-18(9-6-15)30(25,26)22-12-11-17-4-3-13-29-17/h3-10,13-14,22H,11-12H2,1-2H3,(H,23,24). The Morgan fingerprint density at radius 3 is 2.37 bits per heavy atom. The van der Waals surface area contributed by atoms with Gasteiger partial charge in [-0.3, -0.25) is 4.79 Å². The van der Waals surface area contributed by atoms with Crippen molar-refractivity contribution in [1.82, 2.24) is 4.72 Å². The minimum atomic E-state index is -3.64. The van der Waals surface area contributed by atoms with E-state index in [9.17, 15) is 13.2 Å². The van der Waals surface area contributed by atoms with Crippen molar-refractivity contribution in [1.29, 1.82) is 0 Å². The van der Waals surface area contributed by atoms with Gasteiger partial charge < -0.3 is 14.8 Å². The van der Waals surface area contributed by atoms with Crippen LogP contribution in [0.2, 0.25) is 0 Å². The molecule has 158 valence electrons. The summed E-state index contributed by atoms with van der Waals surface area (Å²) in [5, 5.41) is 4.71. The molecule has 0 saturated carbocycles. The largest absolute Gasteiger partial charge is 0.493 e. The third-order valence-electron chi connectivity index (χ3n) is 4.31. The highest BCUT2D eigenvalue weighted by Crippen LogP contribution is 2.30. The van der Waals surface area contributed by atoms with E-state index in [1.54, 1.807) is 29.5 Å². The van der Waals surface area contributed by atoms with Crippen LogP contribution in [0.3, 0.4) is 0 Å². The number of methoxy groups -OCH3 is 2. The molecule has 2 N–H and O–H groups in total. The molecule has 0 aliphatic heterocycles. The van der Waals surface area contributed by atoms with Crippen molar-refractivity contribution in [2.24, 2.45) is 0 Å². The maximum Gasteiger partial charge on any atom is 0.255 e. The molecule has 30 heavy (non-hydrogen) atoms. The SMILES string of the molecule is COc1ccc(NC(=O)c2ccc(S(=O)(=O)NCCc3cccs3)cc2)cc1OC. The van der Waals surface area contributed by atoms with Crippen LogP contribution >= 0.6 is 11.3 Å². The molecule has 1 heterocycles. The van der Waals surface area contributed by atoms with Gasteiger partial charge >= 0.3 is 0 Å². The van der Waals surface area contributed by atoms with Crippen LogP contribution in [0.4, 0.5) is 5.69 Å². The van der Waals surface area contributed by atoms with Crippen LogP contribution < -0.4 is 19.5 Å². The molecule has 0 atom stereocenters. The predicted octanol–water partition coefficient (Wildman–Crippen LogP) is 3.54. The third kappa shape index (κ3) is 5.38. The first-order valence-electron chi connectivity index (χ1n) is 9.08. The number of hydrogen-bond acceptors (Lipinski definition) is 6. The summed E-state index contributed by atoms with van der Waals surface area (Å²) in [7, 11) is -0.598. The smallest absolute Gasteiger partial charge is 0.255 e. The molecule has 2 aromatic carbocycles. The van der Waals surface area contributed by atoms with Crippen molar-refractivity contribution in [2.45, 2.75) is 11.3 Å². The van der Waals surface area contributed by atoms with Crippen LogP contribution in [0.25, 0.3) is 0 Å². The molecule has 0 radical (unpaired) electrons. The molecule has 0 saturated heterocycles. The summed E-state index contributed by atoms with van der Waals surface area (Å²) in [6.45, 7) is 0.310. The average molecular weight is 447 g/mol. The van der Waals surface area contributed by atoms with E-state index in [1.807, 2.05) is 17.5 Å². The number of ether oxygens (including phenoxy) is 2. The molecular weight excluding hydrogens is 424 g/mol. The van der Waals surface area contributed by atoms with Crippen molar-refractivity contribution >= 4 is 33.0 Å². The van der Waals surface area contributed by atoms with Crippen LogP contribution in [-0.2, 0) is 16.4 Å². The van der Waals surface area contributed by atoms with Crippen LogP contribution in [0.15, 0.2) is 64.9 Å². The predicted molar refractivity (Wildman–Crippen MR) is 117 cm³/mol. The van der Waals surface area contributed by atoms with E-state index in [0.29, 0.717) is 35.7 Å². The second-order valence-corrected chi connectivity index (χ2v) is 9.07. The lowest BCUT2D eigenvalue weighted by molar-refractivity contribution is 0.102. The summed E-state index contributed by atoms with van der Waals surface area (Å²) in [5.41, 5.74) is 0.868. The van der Waals surface area contributed by atoms with Gasteiger partial charge in [-0.2, -0.15) is 0 Å². The van der Waals surface area contributed by atoms with Gasteiger partial charge in [0.15, 0.2) is 11.5 Å². The Balaban J connectivity index is 1.63. The molecule has 1 amide bonds. The number of hydrogen-bond donors (Lipinski definition) is 2. The van der Waals surface area contributed by atoms with Gasteiger partial charge in [-0.1, -0.05) is 6.07 Å². The van der Waals surface area contributed by atoms with Crippen molar-refractivity contribution in [3.63, 3.8) is 0 Å². The molecule has 0 aliphatic carbocycles. The lowest BCUT2D eigenvalue weighted by Crippen LogP contribution is -2.26. The molecule has 0 fully saturated rings. The number of amides is 1. The highest BCUT2D eigenvalue weighted by Gasteiger charge is 2.15. The summed E-state index contributed by atoms with van der Waals surface area (Å²) in [6, 6.07) is 14.7. The van der Waals surface area contributed by atoms with E-state index in [0.717, 1.165) is 4.88 Å². The zero-order valence-corrected chi connectivity index (χ0v) is 18.2. The number of benzene rings is 2. The Morgan fingerprint density at radius 1 is 1.00 bits per heavy atom. The number of anilines is 1.